The molecule has 1 aromatic heterocycles. The molecule has 0 aliphatic carbocycles. The lowest BCUT2D eigenvalue weighted by atomic mass is 9.96. The SMILES string of the molecule is COc1cnc(C(=O)Nc2cc(F)c(F)c([C@H](C)CCOC(=N)N)c2)c(C)n1.FC(F)F. The van der Waals surface area contributed by atoms with Crippen molar-refractivity contribution in [3.05, 3.63) is 46.9 Å². The third kappa shape index (κ3) is 8.32. The molecule has 1 aromatic carbocycles. The van der Waals surface area contributed by atoms with Crippen LogP contribution in [0, 0.1) is 24.0 Å². The van der Waals surface area contributed by atoms with E-state index in [2.05, 4.69) is 15.3 Å². The summed E-state index contributed by atoms with van der Waals surface area (Å²) in [7, 11) is 1.43. The number of halogens is 5. The summed E-state index contributed by atoms with van der Waals surface area (Å²) in [6, 6.07) is 1.79. The zero-order valence-electron chi connectivity index (χ0n) is 17.4. The van der Waals surface area contributed by atoms with Crippen molar-refractivity contribution in [1.29, 1.82) is 5.41 Å². The highest BCUT2D eigenvalue weighted by molar-refractivity contribution is 6.03. The molecule has 32 heavy (non-hydrogen) atoms. The Morgan fingerprint density at radius 2 is 1.91 bits per heavy atom. The van der Waals surface area contributed by atoms with E-state index in [4.69, 9.17) is 20.6 Å². The van der Waals surface area contributed by atoms with E-state index in [1.165, 1.54) is 19.4 Å². The minimum absolute atomic E-state index is 0.0370. The largest absolute Gasteiger partial charge is 0.480 e. The number of nitrogens with two attached hydrogens (primary N) is 1. The van der Waals surface area contributed by atoms with E-state index in [0.29, 0.717) is 12.1 Å². The van der Waals surface area contributed by atoms with Crippen LogP contribution in [0.3, 0.4) is 0 Å². The molecular weight excluding hydrogens is 441 g/mol. The third-order valence-corrected chi connectivity index (χ3v) is 4.00. The number of benzene rings is 1. The quantitative estimate of drug-likeness (QED) is 0.325. The predicted octanol–water partition coefficient (Wildman–Crippen LogP) is 3.91. The van der Waals surface area contributed by atoms with Gasteiger partial charge in [0.2, 0.25) is 5.88 Å². The summed E-state index contributed by atoms with van der Waals surface area (Å²) >= 11 is 0. The van der Waals surface area contributed by atoms with Gasteiger partial charge in [0.25, 0.3) is 11.9 Å². The molecule has 13 heteroatoms. The number of carbonyl (C=O) groups excluding carboxylic acids is 1. The maximum Gasteiger partial charge on any atom is 0.379 e. The first-order valence-electron chi connectivity index (χ1n) is 9.03. The van der Waals surface area contributed by atoms with E-state index in [1.54, 1.807) is 13.8 Å². The zero-order chi connectivity index (χ0) is 24.4. The Kier molecular flexibility index (Phi) is 10.3. The number of alkyl halides is 3. The summed E-state index contributed by atoms with van der Waals surface area (Å²) < 4.78 is 67.0. The minimum Gasteiger partial charge on any atom is -0.480 e. The van der Waals surface area contributed by atoms with Gasteiger partial charge in [-0.25, -0.2) is 18.7 Å². The molecule has 0 aliphatic rings. The predicted molar refractivity (Wildman–Crippen MR) is 106 cm³/mol. The molecule has 0 bridgehead atoms. The van der Waals surface area contributed by atoms with Gasteiger partial charge in [-0.15, -0.1) is 0 Å². The Bertz CT molecular complexity index is 943. The van der Waals surface area contributed by atoms with Gasteiger partial charge < -0.3 is 20.5 Å². The van der Waals surface area contributed by atoms with Crippen LogP contribution in [-0.4, -0.2) is 42.3 Å². The normalized spacial score (nSPS) is 11.3. The molecule has 0 radical (unpaired) electrons. The van der Waals surface area contributed by atoms with Crippen LogP contribution in [0.25, 0.3) is 0 Å². The molecule has 0 saturated heterocycles. The van der Waals surface area contributed by atoms with Gasteiger partial charge >= 0.3 is 6.68 Å². The Morgan fingerprint density at radius 3 is 2.44 bits per heavy atom. The number of anilines is 1. The third-order valence-electron chi connectivity index (χ3n) is 4.00. The lowest BCUT2D eigenvalue weighted by molar-refractivity contribution is 0.00818. The highest BCUT2D eigenvalue weighted by atomic mass is 19.4. The Hall–Kier alpha value is -3.51. The fourth-order valence-electron chi connectivity index (χ4n) is 2.51. The molecule has 1 atom stereocenters. The number of amides is 1. The standard InChI is InChI=1S/C18H21F2N5O3.CHF3/c1-9(4-5-28-18(21)22)12-6-11(7-13(19)15(12)20)25-17(26)16-10(2)24-14(27-3)8-23-16;2-1(3)4/h6-9H,4-5H2,1-3H3,(H3,21,22)(H,25,26);1H/t9-;/m1./s1. The first kappa shape index (κ1) is 26.5. The van der Waals surface area contributed by atoms with E-state index in [0.717, 1.165) is 6.07 Å². The molecule has 0 unspecified atom stereocenters. The molecule has 8 nitrogen and oxygen atoms in total. The highest BCUT2D eigenvalue weighted by Gasteiger charge is 2.19. The highest BCUT2D eigenvalue weighted by Crippen LogP contribution is 2.28. The van der Waals surface area contributed by atoms with E-state index in [-0.39, 0.29) is 29.4 Å². The molecule has 0 fully saturated rings. The van der Waals surface area contributed by atoms with E-state index < -0.39 is 36.2 Å². The summed E-state index contributed by atoms with van der Waals surface area (Å²) in [6.07, 6.45) is 1.59. The average molecular weight is 463 g/mol. The van der Waals surface area contributed by atoms with Gasteiger partial charge in [-0.3, -0.25) is 10.2 Å². The summed E-state index contributed by atoms with van der Waals surface area (Å²) in [5.74, 6) is -2.89. The van der Waals surface area contributed by atoms with Crippen LogP contribution < -0.4 is 15.8 Å². The van der Waals surface area contributed by atoms with Crippen LogP contribution in [0.15, 0.2) is 18.3 Å². The Morgan fingerprint density at radius 1 is 1.28 bits per heavy atom. The number of nitrogens with one attached hydrogen (secondary N) is 2. The van der Waals surface area contributed by atoms with Gasteiger partial charge in [-0.1, -0.05) is 6.92 Å². The summed E-state index contributed by atoms with van der Waals surface area (Å²) in [5, 5.41) is 9.51. The summed E-state index contributed by atoms with van der Waals surface area (Å²) in [5.41, 5.74) is 5.61. The average Bonchev–Trinajstić information content (AvgIpc) is 2.69. The number of aromatic nitrogens is 2. The second-order valence-corrected chi connectivity index (χ2v) is 6.31. The molecule has 4 N–H and O–H groups in total. The number of rotatable bonds is 7. The number of ether oxygens (including phenoxy) is 2. The van der Waals surface area contributed by atoms with Gasteiger partial charge in [0.15, 0.2) is 11.6 Å². The van der Waals surface area contributed by atoms with Crippen molar-refractivity contribution in [3.8, 4) is 5.88 Å². The topological polar surface area (TPSA) is 123 Å². The first-order chi connectivity index (χ1) is 15.0. The molecule has 0 aliphatic heterocycles. The zero-order valence-corrected chi connectivity index (χ0v) is 17.4. The number of carbonyl (C=O) groups is 1. The second kappa shape index (κ2) is 12.4. The van der Waals surface area contributed by atoms with Crippen LogP contribution in [0.4, 0.5) is 27.6 Å². The molecule has 176 valence electrons. The molecule has 2 aromatic rings. The van der Waals surface area contributed by atoms with Crippen molar-refractivity contribution < 1.29 is 36.2 Å². The van der Waals surface area contributed by atoms with E-state index >= 15 is 0 Å². The van der Waals surface area contributed by atoms with Gasteiger partial charge in [0, 0.05) is 11.8 Å². The number of hydrogen-bond donors (Lipinski definition) is 3. The molecular formula is C19H22F5N5O3. The summed E-state index contributed by atoms with van der Waals surface area (Å²) in [6.45, 7) is -0.334. The molecule has 0 spiro atoms. The number of methoxy groups -OCH3 is 1. The first-order valence-corrected chi connectivity index (χ1v) is 9.03. The Balaban J connectivity index is 0.00000118. The molecule has 0 saturated carbocycles. The summed E-state index contributed by atoms with van der Waals surface area (Å²) in [4.78, 5) is 20.5. The van der Waals surface area contributed by atoms with Gasteiger partial charge in [-0.2, -0.15) is 13.2 Å². The smallest absolute Gasteiger partial charge is 0.379 e. The van der Waals surface area contributed by atoms with Crippen LogP contribution in [0.2, 0.25) is 0 Å². The lowest BCUT2D eigenvalue weighted by Gasteiger charge is -2.16. The number of nitrogens with zero attached hydrogens (tertiary/aromatic N) is 2. The number of hydrogen-bond acceptors (Lipinski definition) is 6. The maximum atomic E-state index is 14.2. The van der Waals surface area contributed by atoms with Crippen molar-refractivity contribution in [2.24, 2.45) is 5.73 Å². The van der Waals surface area contributed by atoms with Gasteiger partial charge in [0.05, 0.1) is 25.6 Å². The van der Waals surface area contributed by atoms with Crippen LogP contribution in [0.1, 0.15) is 41.0 Å². The van der Waals surface area contributed by atoms with Crippen LogP contribution >= 0.6 is 0 Å². The number of amidine groups is 1. The van der Waals surface area contributed by atoms with Crippen LogP contribution in [-0.2, 0) is 4.74 Å². The minimum atomic E-state index is -3.67. The molecule has 1 heterocycles. The van der Waals surface area contributed by atoms with Gasteiger partial charge in [-0.05, 0) is 30.9 Å². The van der Waals surface area contributed by atoms with Crippen LogP contribution in [0.5, 0.6) is 5.88 Å². The lowest BCUT2D eigenvalue weighted by Crippen LogP contribution is -2.17. The van der Waals surface area contributed by atoms with Crippen molar-refractivity contribution in [3.63, 3.8) is 0 Å². The fourth-order valence-corrected chi connectivity index (χ4v) is 2.51. The second-order valence-electron chi connectivity index (χ2n) is 6.31. The van der Waals surface area contributed by atoms with Gasteiger partial charge in [0.1, 0.15) is 5.69 Å². The molecule has 1 amide bonds. The maximum absolute atomic E-state index is 14.2. The van der Waals surface area contributed by atoms with E-state index in [1.807, 2.05) is 0 Å². The van der Waals surface area contributed by atoms with Crippen molar-refractivity contribution in [2.45, 2.75) is 32.9 Å². The molecule has 2 rings (SSSR count). The van der Waals surface area contributed by atoms with E-state index in [9.17, 15) is 26.7 Å². The van der Waals surface area contributed by atoms with Crippen molar-refractivity contribution in [1.82, 2.24) is 9.97 Å². The Labute approximate surface area is 180 Å². The fraction of sp³-hybridized carbons (Fsp3) is 0.368. The monoisotopic (exact) mass is 463 g/mol. The van der Waals surface area contributed by atoms with Crippen molar-refractivity contribution in [2.75, 3.05) is 19.0 Å². The van der Waals surface area contributed by atoms with Crippen molar-refractivity contribution >= 4 is 17.6 Å². The number of aryl methyl sites for hydroxylation is 1.